The standard InChI is InChI=1S/C16H18ClFN4O/c17-13-4-3-12(15(18)8-13)9-20-16(23)22-6-1-2-14(22)10-21-7-5-19-11-21/h3-5,7-8,11,14H,1-2,6,9-10H2,(H,20,23)/t14-/m1/s1. The van der Waals surface area contributed by atoms with Gasteiger partial charge in [-0.25, -0.2) is 14.2 Å². The van der Waals surface area contributed by atoms with Crippen LogP contribution in [0.15, 0.2) is 36.9 Å². The van der Waals surface area contributed by atoms with Gasteiger partial charge in [-0.2, -0.15) is 0 Å². The molecule has 0 radical (unpaired) electrons. The molecule has 0 saturated carbocycles. The molecule has 1 aromatic carbocycles. The average molecular weight is 337 g/mol. The number of hydrogen-bond donors (Lipinski definition) is 1. The molecule has 2 amide bonds. The number of carbonyl (C=O) groups excluding carboxylic acids is 1. The van der Waals surface area contributed by atoms with Gasteiger partial charge in [0.2, 0.25) is 0 Å². The van der Waals surface area contributed by atoms with Gasteiger partial charge in [0, 0.05) is 42.6 Å². The molecule has 0 aliphatic carbocycles. The van der Waals surface area contributed by atoms with E-state index in [9.17, 15) is 9.18 Å². The van der Waals surface area contributed by atoms with Crippen LogP contribution in [0.5, 0.6) is 0 Å². The van der Waals surface area contributed by atoms with Gasteiger partial charge in [-0.15, -0.1) is 0 Å². The van der Waals surface area contributed by atoms with E-state index in [-0.39, 0.29) is 18.6 Å². The quantitative estimate of drug-likeness (QED) is 0.933. The minimum Gasteiger partial charge on any atom is -0.335 e. The highest BCUT2D eigenvalue weighted by atomic mass is 35.5. The minimum atomic E-state index is -0.408. The summed E-state index contributed by atoms with van der Waals surface area (Å²) in [5, 5.41) is 3.13. The number of nitrogens with zero attached hydrogens (tertiary/aromatic N) is 3. The Morgan fingerprint density at radius 2 is 2.35 bits per heavy atom. The summed E-state index contributed by atoms with van der Waals surface area (Å²) in [7, 11) is 0. The van der Waals surface area contributed by atoms with Crippen LogP contribution in [0.4, 0.5) is 9.18 Å². The van der Waals surface area contributed by atoms with E-state index in [1.165, 1.54) is 6.07 Å². The van der Waals surface area contributed by atoms with Crippen molar-refractivity contribution < 1.29 is 9.18 Å². The van der Waals surface area contributed by atoms with Crippen LogP contribution in [0.3, 0.4) is 0 Å². The number of urea groups is 1. The van der Waals surface area contributed by atoms with Gasteiger partial charge in [0.25, 0.3) is 0 Å². The Kier molecular flexibility index (Phi) is 4.81. The van der Waals surface area contributed by atoms with Gasteiger partial charge in [-0.05, 0) is 25.0 Å². The molecule has 0 spiro atoms. The van der Waals surface area contributed by atoms with Gasteiger partial charge in [-0.1, -0.05) is 17.7 Å². The fourth-order valence-electron chi connectivity index (χ4n) is 2.87. The number of rotatable bonds is 4. The van der Waals surface area contributed by atoms with Gasteiger partial charge in [0.05, 0.1) is 12.4 Å². The van der Waals surface area contributed by atoms with E-state index in [0.29, 0.717) is 17.1 Å². The predicted octanol–water partition coefficient (Wildman–Crippen LogP) is 3.05. The van der Waals surface area contributed by atoms with Gasteiger partial charge in [0.15, 0.2) is 0 Å². The lowest BCUT2D eigenvalue weighted by Gasteiger charge is -2.25. The summed E-state index contributed by atoms with van der Waals surface area (Å²) in [6.45, 7) is 1.59. The predicted molar refractivity (Wildman–Crippen MR) is 85.6 cm³/mol. The molecule has 7 heteroatoms. The Morgan fingerprint density at radius 3 is 3.09 bits per heavy atom. The summed E-state index contributed by atoms with van der Waals surface area (Å²) in [5.41, 5.74) is 0.424. The third kappa shape index (κ3) is 3.82. The maximum atomic E-state index is 13.7. The molecule has 2 heterocycles. The molecule has 1 N–H and O–H groups in total. The van der Waals surface area contributed by atoms with E-state index in [1.807, 2.05) is 15.7 Å². The van der Waals surface area contributed by atoms with Crippen LogP contribution in [-0.2, 0) is 13.1 Å². The molecule has 3 rings (SSSR count). The van der Waals surface area contributed by atoms with Crippen molar-refractivity contribution in [1.29, 1.82) is 0 Å². The van der Waals surface area contributed by atoms with Crippen LogP contribution < -0.4 is 5.32 Å². The van der Waals surface area contributed by atoms with Crippen molar-refractivity contribution in [3.05, 3.63) is 53.3 Å². The lowest BCUT2D eigenvalue weighted by molar-refractivity contribution is 0.187. The van der Waals surface area contributed by atoms with Gasteiger partial charge in [0.1, 0.15) is 5.82 Å². The van der Waals surface area contributed by atoms with Crippen LogP contribution in [-0.4, -0.2) is 33.1 Å². The fourth-order valence-corrected chi connectivity index (χ4v) is 3.03. The van der Waals surface area contributed by atoms with Crippen LogP contribution in [0.2, 0.25) is 5.02 Å². The van der Waals surface area contributed by atoms with Crippen molar-refractivity contribution in [2.24, 2.45) is 0 Å². The van der Waals surface area contributed by atoms with E-state index in [4.69, 9.17) is 11.6 Å². The Morgan fingerprint density at radius 1 is 1.48 bits per heavy atom. The zero-order valence-corrected chi connectivity index (χ0v) is 13.3. The summed E-state index contributed by atoms with van der Waals surface area (Å²) in [5.74, 6) is -0.408. The highest BCUT2D eigenvalue weighted by molar-refractivity contribution is 6.30. The SMILES string of the molecule is O=C(NCc1ccc(Cl)cc1F)N1CCC[C@@H]1Cn1ccnc1. The first-order valence-corrected chi connectivity index (χ1v) is 7.95. The minimum absolute atomic E-state index is 0.138. The number of likely N-dealkylation sites (tertiary alicyclic amines) is 1. The molecule has 1 aromatic heterocycles. The van der Waals surface area contributed by atoms with E-state index >= 15 is 0 Å². The van der Waals surface area contributed by atoms with E-state index in [2.05, 4.69) is 10.3 Å². The van der Waals surface area contributed by atoms with Crippen molar-refractivity contribution in [2.45, 2.75) is 32.0 Å². The Hall–Kier alpha value is -2.08. The molecule has 1 fully saturated rings. The Labute approximate surface area is 139 Å². The van der Waals surface area contributed by atoms with Gasteiger partial charge >= 0.3 is 6.03 Å². The highest BCUT2D eigenvalue weighted by Crippen LogP contribution is 2.19. The molecule has 1 atom stereocenters. The molecular formula is C16H18ClFN4O. The monoisotopic (exact) mass is 336 g/mol. The van der Waals surface area contributed by atoms with Crippen molar-refractivity contribution in [1.82, 2.24) is 19.8 Å². The summed E-state index contributed by atoms with van der Waals surface area (Å²) in [4.78, 5) is 18.2. The first-order valence-electron chi connectivity index (χ1n) is 7.57. The van der Waals surface area contributed by atoms with E-state index in [0.717, 1.165) is 19.4 Å². The lowest BCUT2D eigenvalue weighted by Crippen LogP contribution is -2.44. The maximum absolute atomic E-state index is 13.7. The highest BCUT2D eigenvalue weighted by Gasteiger charge is 2.28. The third-order valence-electron chi connectivity index (χ3n) is 4.06. The van der Waals surface area contributed by atoms with Crippen molar-refractivity contribution in [3.63, 3.8) is 0 Å². The van der Waals surface area contributed by atoms with Gasteiger partial charge in [-0.3, -0.25) is 0 Å². The lowest BCUT2D eigenvalue weighted by atomic mass is 10.2. The molecule has 2 aromatic rings. The number of benzene rings is 1. The smallest absolute Gasteiger partial charge is 0.317 e. The maximum Gasteiger partial charge on any atom is 0.317 e. The second kappa shape index (κ2) is 7.00. The topological polar surface area (TPSA) is 50.2 Å². The largest absolute Gasteiger partial charge is 0.335 e. The zero-order valence-electron chi connectivity index (χ0n) is 12.6. The molecule has 1 aliphatic rings. The summed E-state index contributed by atoms with van der Waals surface area (Å²) in [6.07, 6.45) is 7.29. The average Bonchev–Trinajstić information content (AvgIpc) is 3.18. The van der Waals surface area contributed by atoms with Crippen LogP contribution in [0.25, 0.3) is 0 Å². The zero-order chi connectivity index (χ0) is 16.2. The molecule has 23 heavy (non-hydrogen) atoms. The van der Waals surface area contributed by atoms with Crippen LogP contribution in [0, 0.1) is 5.82 Å². The molecule has 0 bridgehead atoms. The number of amides is 2. The van der Waals surface area contributed by atoms with E-state index in [1.54, 1.807) is 24.7 Å². The van der Waals surface area contributed by atoms with Gasteiger partial charge < -0.3 is 14.8 Å². The number of nitrogens with one attached hydrogen (secondary N) is 1. The normalized spacial score (nSPS) is 17.5. The molecule has 1 saturated heterocycles. The number of imidazole rings is 1. The first-order chi connectivity index (χ1) is 11.1. The molecule has 122 valence electrons. The number of aromatic nitrogens is 2. The summed E-state index contributed by atoms with van der Waals surface area (Å²) >= 11 is 5.73. The summed E-state index contributed by atoms with van der Waals surface area (Å²) in [6, 6.07) is 4.43. The van der Waals surface area contributed by atoms with Crippen molar-refractivity contribution in [3.8, 4) is 0 Å². The van der Waals surface area contributed by atoms with Crippen LogP contribution >= 0.6 is 11.6 Å². The number of carbonyl (C=O) groups is 1. The second-order valence-electron chi connectivity index (χ2n) is 5.64. The second-order valence-corrected chi connectivity index (χ2v) is 6.08. The van der Waals surface area contributed by atoms with Crippen LogP contribution in [0.1, 0.15) is 18.4 Å². The Bertz CT molecular complexity index is 677. The Balaban J connectivity index is 1.58. The van der Waals surface area contributed by atoms with E-state index < -0.39 is 5.82 Å². The summed E-state index contributed by atoms with van der Waals surface area (Å²) < 4.78 is 15.7. The molecule has 5 nitrogen and oxygen atoms in total. The third-order valence-corrected chi connectivity index (χ3v) is 4.30. The molecular weight excluding hydrogens is 319 g/mol. The molecule has 0 unspecified atom stereocenters. The molecule has 1 aliphatic heterocycles. The fraction of sp³-hybridized carbons (Fsp3) is 0.375. The van der Waals surface area contributed by atoms with Crippen molar-refractivity contribution in [2.75, 3.05) is 6.54 Å². The number of hydrogen-bond acceptors (Lipinski definition) is 2. The number of halogens is 2. The first kappa shape index (κ1) is 15.8. The van der Waals surface area contributed by atoms with Crippen molar-refractivity contribution >= 4 is 17.6 Å².